The van der Waals surface area contributed by atoms with E-state index in [4.69, 9.17) is 5.73 Å². The van der Waals surface area contributed by atoms with Crippen LogP contribution in [0.15, 0.2) is 0 Å². The summed E-state index contributed by atoms with van der Waals surface area (Å²) in [4.78, 5) is 20.5. The zero-order valence-corrected chi connectivity index (χ0v) is 10.0. The Morgan fingerprint density at radius 3 is 1.75 bits per heavy atom. The lowest BCUT2D eigenvalue weighted by atomic mass is 9.97. The van der Waals surface area contributed by atoms with E-state index in [9.17, 15) is 9.59 Å². The lowest BCUT2D eigenvalue weighted by molar-refractivity contribution is -0.151. The van der Waals surface area contributed by atoms with Gasteiger partial charge in [0.15, 0.2) is 0 Å². The molecule has 0 bridgehead atoms. The Labute approximate surface area is 96.3 Å². The van der Waals surface area contributed by atoms with Crippen LogP contribution in [0.5, 0.6) is 0 Å². The van der Waals surface area contributed by atoms with Crippen LogP contribution in [0.2, 0.25) is 0 Å². The summed E-state index contributed by atoms with van der Waals surface area (Å²) in [6, 6.07) is 0.536. The topological polar surface area (TPSA) is 78.6 Å². The zero-order valence-electron chi connectivity index (χ0n) is 10.0. The Hall–Kier alpha value is -1.10. The smallest absolute Gasteiger partial charge is 0.316 e. The van der Waals surface area contributed by atoms with E-state index in [0.717, 1.165) is 0 Å². The van der Waals surface area contributed by atoms with E-state index in [1.54, 1.807) is 0 Å². The van der Waals surface area contributed by atoms with Gasteiger partial charge in [-0.25, -0.2) is 0 Å². The Kier molecular flexibility index (Phi) is 8.52. The third-order valence-corrected chi connectivity index (χ3v) is 2.39. The average Bonchev–Trinajstić information content (AvgIpc) is 2.30. The van der Waals surface area contributed by atoms with Gasteiger partial charge in [0.25, 0.3) is 0 Å². The second-order valence-corrected chi connectivity index (χ2v) is 3.73. The lowest BCUT2D eigenvalue weighted by Gasteiger charge is -2.15. The number of hydrogen-bond donors (Lipinski definition) is 1. The second-order valence-electron chi connectivity index (χ2n) is 3.73. The van der Waals surface area contributed by atoms with Crippen molar-refractivity contribution < 1.29 is 19.1 Å². The van der Waals surface area contributed by atoms with Gasteiger partial charge in [0.2, 0.25) is 0 Å². The van der Waals surface area contributed by atoms with Gasteiger partial charge < -0.3 is 15.2 Å². The molecular formula is C11H21NO4. The molecule has 0 aromatic rings. The highest BCUT2D eigenvalue weighted by atomic mass is 16.5. The second kappa shape index (κ2) is 9.15. The number of ether oxygens (including phenoxy) is 2. The van der Waals surface area contributed by atoms with Crippen LogP contribution in [-0.4, -0.2) is 32.2 Å². The van der Waals surface area contributed by atoms with Crippen LogP contribution in [0, 0.1) is 0 Å². The van der Waals surface area contributed by atoms with Crippen LogP contribution >= 0.6 is 0 Å². The summed E-state index contributed by atoms with van der Waals surface area (Å²) in [5, 5.41) is 0. The molecule has 0 heterocycles. The highest BCUT2D eigenvalue weighted by Gasteiger charge is 2.07. The van der Waals surface area contributed by atoms with Gasteiger partial charge in [-0.2, -0.15) is 0 Å². The summed E-state index contributed by atoms with van der Waals surface area (Å²) in [5.74, 6) is -1.16. The van der Waals surface area contributed by atoms with E-state index in [2.05, 4.69) is 9.47 Å². The van der Waals surface area contributed by atoms with Crippen molar-refractivity contribution in [3.05, 3.63) is 0 Å². The summed E-state index contributed by atoms with van der Waals surface area (Å²) < 4.78 is 8.37. The van der Waals surface area contributed by atoms with Gasteiger partial charge in [-0.15, -0.1) is 0 Å². The molecule has 16 heavy (non-hydrogen) atoms. The third kappa shape index (κ3) is 8.23. The van der Waals surface area contributed by atoms with Crippen molar-refractivity contribution >= 4 is 11.9 Å². The summed E-state index contributed by atoms with van der Waals surface area (Å²) in [5.41, 5.74) is 5.63. The minimum atomic E-state index is -0.582. The van der Waals surface area contributed by atoms with Gasteiger partial charge in [-0.05, 0) is 12.8 Å². The van der Waals surface area contributed by atoms with Crippen molar-refractivity contribution in [2.75, 3.05) is 14.2 Å². The Morgan fingerprint density at radius 1 is 1.06 bits per heavy atom. The number of hydrogen-bond acceptors (Lipinski definition) is 5. The van der Waals surface area contributed by atoms with E-state index in [0.29, 0.717) is 6.04 Å². The summed E-state index contributed by atoms with van der Waals surface area (Å²) >= 11 is 0. The molecule has 1 aliphatic carbocycles. The normalized spacial score (nSPS) is 15.7. The Morgan fingerprint density at radius 2 is 1.50 bits per heavy atom. The number of esters is 2. The molecule has 0 unspecified atom stereocenters. The molecule has 0 aromatic carbocycles. The molecule has 0 spiro atoms. The Balaban J connectivity index is 0.000000288. The quantitative estimate of drug-likeness (QED) is 0.566. The molecule has 1 fully saturated rings. The van der Waals surface area contributed by atoms with E-state index in [1.165, 1.54) is 46.3 Å². The molecule has 94 valence electrons. The molecule has 0 aromatic heterocycles. The van der Waals surface area contributed by atoms with Crippen molar-refractivity contribution in [1.82, 2.24) is 0 Å². The van der Waals surface area contributed by atoms with Gasteiger partial charge in [-0.3, -0.25) is 9.59 Å². The fourth-order valence-corrected chi connectivity index (χ4v) is 1.40. The van der Waals surface area contributed by atoms with Gasteiger partial charge in [-0.1, -0.05) is 19.3 Å². The van der Waals surface area contributed by atoms with Crippen LogP contribution in [0.1, 0.15) is 38.5 Å². The van der Waals surface area contributed by atoms with Gasteiger partial charge in [0.05, 0.1) is 14.2 Å². The first-order chi connectivity index (χ1) is 7.60. The fourth-order valence-electron chi connectivity index (χ4n) is 1.40. The molecule has 2 N–H and O–H groups in total. The molecule has 0 aliphatic heterocycles. The fraction of sp³-hybridized carbons (Fsp3) is 0.818. The zero-order chi connectivity index (χ0) is 12.4. The molecule has 1 rings (SSSR count). The van der Waals surface area contributed by atoms with Crippen molar-refractivity contribution in [1.29, 1.82) is 0 Å². The molecule has 0 saturated heterocycles. The maximum Gasteiger partial charge on any atom is 0.316 e. The molecule has 5 nitrogen and oxygen atoms in total. The number of carbonyl (C=O) groups is 2. The first kappa shape index (κ1) is 14.9. The highest BCUT2D eigenvalue weighted by Crippen LogP contribution is 2.14. The minimum absolute atomic E-state index is 0.312. The standard InChI is InChI=1S/C6H13N.C5H8O4/c7-6-4-2-1-3-5-6;1-8-4(6)3-5(7)9-2/h6H,1-5,7H2;3H2,1-2H3. The molecule has 1 aliphatic rings. The SMILES string of the molecule is COC(=O)CC(=O)OC.NC1CCCCC1. The monoisotopic (exact) mass is 231 g/mol. The van der Waals surface area contributed by atoms with Crippen molar-refractivity contribution in [2.24, 2.45) is 5.73 Å². The van der Waals surface area contributed by atoms with Crippen LogP contribution < -0.4 is 5.73 Å². The lowest BCUT2D eigenvalue weighted by Crippen LogP contribution is -2.22. The predicted octanol–water partition coefficient (Wildman–Crippen LogP) is 1.00. The van der Waals surface area contributed by atoms with Crippen molar-refractivity contribution in [3.8, 4) is 0 Å². The minimum Gasteiger partial charge on any atom is -0.469 e. The van der Waals surface area contributed by atoms with Crippen LogP contribution in [0.4, 0.5) is 0 Å². The summed E-state index contributed by atoms with van der Waals surface area (Å²) in [7, 11) is 2.43. The molecule has 0 radical (unpaired) electrons. The number of nitrogens with two attached hydrogens (primary N) is 1. The van der Waals surface area contributed by atoms with Crippen LogP contribution in [-0.2, 0) is 19.1 Å². The van der Waals surface area contributed by atoms with Crippen LogP contribution in [0.3, 0.4) is 0 Å². The van der Waals surface area contributed by atoms with Crippen molar-refractivity contribution in [3.63, 3.8) is 0 Å². The van der Waals surface area contributed by atoms with E-state index in [-0.39, 0.29) is 6.42 Å². The third-order valence-electron chi connectivity index (χ3n) is 2.39. The Bertz CT molecular complexity index is 198. The molecular weight excluding hydrogens is 210 g/mol. The van der Waals surface area contributed by atoms with Crippen LogP contribution in [0.25, 0.3) is 0 Å². The average molecular weight is 231 g/mol. The van der Waals surface area contributed by atoms with Gasteiger partial charge in [0, 0.05) is 6.04 Å². The summed E-state index contributed by atoms with van der Waals surface area (Å²) in [6.07, 6.45) is 6.35. The largest absolute Gasteiger partial charge is 0.469 e. The molecule has 0 amide bonds. The maximum absolute atomic E-state index is 10.3. The molecule has 0 atom stereocenters. The first-order valence-corrected chi connectivity index (χ1v) is 5.49. The van der Waals surface area contributed by atoms with Gasteiger partial charge >= 0.3 is 11.9 Å². The molecule has 1 saturated carbocycles. The number of methoxy groups -OCH3 is 2. The molecule has 5 heteroatoms. The first-order valence-electron chi connectivity index (χ1n) is 5.49. The maximum atomic E-state index is 10.3. The predicted molar refractivity (Wildman–Crippen MR) is 59.7 cm³/mol. The summed E-state index contributed by atoms with van der Waals surface area (Å²) in [6.45, 7) is 0. The van der Waals surface area contributed by atoms with E-state index < -0.39 is 11.9 Å². The van der Waals surface area contributed by atoms with E-state index in [1.807, 2.05) is 0 Å². The van der Waals surface area contributed by atoms with E-state index >= 15 is 0 Å². The number of rotatable bonds is 2. The highest BCUT2D eigenvalue weighted by molar-refractivity contribution is 5.90. The van der Waals surface area contributed by atoms with Gasteiger partial charge in [0.1, 0.15) is 6.42 Å². The van der Waals surface area contributed by atoms with Crippen molar-refractivity contribution in [2.45, 2.75) is 44.6 Å². The number of carbonyl (C=O) groups excluding carboxylic acids is 2.